The molecule has 0 bridgehead atoms. The van der Waals surface area contributed by atoms with E-state index in [0.29, 0.717) is 26.3 Å². The lowest BCUT2D eigenvalue weighted by atomic mass is 10.0. The number of thiazole rings is 1. The van der Waals surface area contributed by atoms with Crippen LogP contribution in [0.4, 0.5) is 4.39 Å². The average Bonchev–Trinajstić information content (AvgIpc) is 2.93. The molecule has 6 nitrogen and oxygen atoms in total. The first-order chi connectivity index (χ1) is 13.5. The van der Waals surface area contributed by atoms with Crippen LogP contribution in [0.2, 0.25) is 0 Å². The Bertz CT molecular complexity index is 874. The van der Waals surface area contributed by atoms with Crippen LogP contribution < -0.4 is 10.2 Å². The second-order valence-electron chi connectivity index (χ2n) is 6.93. The smallest absolute Gasteiger partial charge is 0.307 e. The van der Waals surface area contributed by atoms with Gasteiger partial charge in [0.2, 0.25) is 5.91 Å². The van der Waals surface area contributed by atoms with Crippen LogP contribution in [0.3, 0.4) is 0 Å². The minimum atomic E-state index is -0.287. The molecule has 3 rings (SSSR count). The van der Waals surface area contributed by atoms with E-state index in [2.05, 4.69) is 10.2 Å². The second kappa shape index (κ2) is 9.45. The largest absolute Gasteiger partial charge is 0.379 e. The number of amides is 1. The van der Waals surface area contributed by atoms with Gasteiger partial charge in [0.25, 0.3) is 0 Å². The van der Waals surface area contributed by atoms with E-state index >= 15 is 0 Å². The molecule has 2 heterocycles. The van der Waals surface area contributed by atoms with Crippen molar-refractivity contribution in [3.8, 4) is 0 Å². The summed E-state index contributed by atoms with van der Waals surface area (Å²) in [5, 5.41) is 2.96. The molecule has 8 heteroatoms. The van der Waals surface area contributed by atoms with E-state index in [0.717, 1.165) is 29.2 Å². The number of hydrogen-bond donors (Lipinski definition) is 1. The zero-order valence-corrected chi connectivity index (χ0v) is 17.1. The molecule has 1 amide bonds. The number of carbonyl (C=O) groups is 1. The van der Waals surface area contributed by atoms with Crippen molar-refractivity contribution in [3.63, 3.8) is 0 Å². The Hall–Kier alpha value is -2.03. The van der Waals surface area contributed by atoms with E-state index in [1.807, 2.05) is 19.9 Å². The van der Waals surface area contributed by atoms with Gasteiger partial charge in [-0.25, -0.2) is 4.39 Å². The molecule has 0 saturated carbocycles. The first kappa shape index (κ1) is 20.7. The number of carbonyl (C=O) groups excluding carboxylic acids is 1. The number of nitrogens with zero attached hydrogens (tertiary/aromatic N) is 2. The Morgan fingerprint density at radius 1 is 1.32 bits per heavy atom. The first-order valence-electron chi connectivity index (χ1n) is 9.46. The molecule has 0 radical (unpaired) electrons. The third kappa shape index (κ3) is 5.06. The summed E-state index contributed by atoms with van der Waals surface area (Å²) in [4.78, 5) is 27.5. The van der Waals surface area contributed by atoms with Crippen molar-refractivity contribution in [2.45, 2.75) is 32.9 Å². The van der Waals surface area contributed by atoms with Gasteiger partial charge >= 0.3 is 4.87 Å². The quantitative estimate of drug-likeness (QED) is 0.765. The third-order valence-electron chi connectivity index (χ3n) is 5.15. The van der Waals surface area contributed by atoms with E-state index < -0.39 is 0 Å². The molecule has 1 aliphatic heterocycles. The van der Waals surface area contributed by atoms with Crippen LogP contribution in [0.15, 0.2) is 29.1 Å². The number of hydrogen-bond acceptors (Lipinski definition) is 5. The maximum atomic E-state index is 13.7. The van der Waals surface area contributed by atoms with Crippen molar-refractivity contribution in [1.82, 2.24) is 14.8 Å². The van der Waals surface area contributed by atoms with Gasteiger partial charge in [0.1, 0.15) is 5.82 Å². The highest BCUT2D eigenvalue weighted by Gasteiger charge is 2.23. The van der Waals surface area contributed by atoms with Gasteiger partial charge in [-0.3, -0.25) is 14.5 Å². The summed E-state index contributed by atoms with van der Waals surface area (Å²) in [6, 6.07) is 6.39. The van der Waals surface area contributed by atoms with Crippen LogP contribution in [0.1, 0.15) is 28.6 Å². The summed E-state index contributed by atoms with van der Waals surface area (Å²) in [6.45, 7) is 7.27. The van der Waals surface area contributed by atoms with Crippen LogP contribution in [0.5, 0.6) is 0 Å². The molecule has 1 fully saturated rings. The fraction of sp³-hybridized carbons (Fsp3) is 0.500. The Morgan fingerprint density at radius 3 is 2.71 bits per heavy atom. The van der Waals surface area contributed by atoms with Crippen molar-refractivity contribution in [2.75, 3.05) is 32.8 Å². The highest BCUT2D eigenvalue weighted by atomic mass is 32.1. The molecule has 28 heavy (non-hydrogen) atoms. The van der Waals surface area contributed by atoms with E-state index in [9.17, 15) is 14.0 Å². The predicted octanol–water partition coefficient (Wildman–Crippen LogP) is 2.25. The molecular formula is C20H26FN3O3S. The normalized spacial score (nSPS) is 16.1. The summed E-state index contributed by atoms with van der Waals surface area (Å²) < 4.78 is 20.8. The van der Waals surface area contributed by atoms with Crippen LogP contribution in [-0.4, -0.2) is 48.2 Å². The second-order valence-corrected chi connectivity index (χ2v) is 8.10. The molecule has 2 aromatic rings. The highest BCUT2D eigenvalue weighted by molar-refractivity contribution is 7.09. The standard InChI is InChI=1S/C20H26FN3O3S/c1-14-15(2)28-20(26)24(14)7-6-19(25)22-13-18(23-8-10-27-11-9-23)16-4-3-5-17(21)12-16/h3-5,12,18H,6-11,13H2,1-2H3,(H,22,25). The van der Waals surface area contributed by atoms with Crippen LogP contribution >= 0.6 is 11.3 Å². The Kier molecular flexibility index (Phi) is 6.98. The fourth-order valence-corrected chi connectivity index (χ4v) is 4.28. The van der Waals surface area contributed by atoms with Gasteiger partial charge in [-0.15, -0.1) is 0 Å². The van der Waals surface area contributed by atoms with Gasteiger partial charge in [0.05, 0.1) is 19.3 Å². The van der Waals surface area contributed by atoms with Gasteiger partial charge in [-0.2, -0.15) is 0 Å². The number of aromatic nitrogens is 1. The predicted molar refractivity (Wildman–Crippen MR) is 107 cm³/mol. The van der Waals surface area contributed by atoms with Crippen LogP contribution in [0.25, 0.3) is 0 Å². The number of ether oxygens (including phenoxy) is 1. The number of halogens is 1. The molecule has 1 aliphatic rings. The van der Waals surface area contributed by atoms with E-state index in [1.54, 1.807) is 10.6 Å². The minimum absolute atomic E-state index is 0.0336. The topological polar surface area (TPSA) is 63.6 Å². The van der Waals surface area contributed by atoms with Crippen LogP contribution in [-0.2, 0) is 16.1 Å². The molecule has 1 atom stereocenters. The Labute approximate surface area is 167 Å². The molecule has 1 aromatic heterocycles. The summed E-state index contributed by atoms with van der Waals surface area (Å²) >= 11 is 1.20. The molecule has 1 saturated heterocycles. The third-order valence-corrected chi connectivity index (χ3v) is 6.15. The number of aryl methyl sites for hydroxylation is 1. The molecule has 152 valence electrons. The summed E-state index contributed by atoms with van der Waals surface area (Å²) in [5.41, 5.74) is 1.75. The zero-order chi connectivity index (χ0) is 20.1. The van der Waals surface area contributed by atoms with Crippen LogP contribution in [0, 0.1) is 19.7 Å². The zero-order valence-electron chi connectivity index (χ0n) is 16.2. The van der Waals surface area contributed by atoms with E-state index in [4.69, 9.17) is 4.74 Å². The number of benzene rings is 1. The summed E-state index contributed by atoms with van der Waals surface area (Å²) in [7, 11) is 0. The summed E-state index contributed by atoms with van der Waals surface area (Å²) in [6.07, 6.45) is 0.232. The van der Waals surface area contributed by atoms with Crippen molar-refractivity contribution >= 4 is 17.2 Å². The number of rotatable bonds is 7. The lowest BCUT2D eigenvalue weighted by Gasteiger charge is -2.35. The van der Waals surface area contributed by atoms with E-state index in [-0.39, 0.29) is 29.1 Å². The number of morpholine rings is 1. The van der Waals surface area contributed by atoms with Gasteiger partial charge in [0.15, 0.2) is 0 Å². The number of nitrogens with one attached hydrogen (secondary N) is 1. The molecular weight excluding hydrogens is 381 g/mol. The SMILES string of the molecule is Cc1sc(=O)n(CCC(=O)NCC(c2cccc(F)c2)N2CCOCC2)c1C. The minimum Gasteiger partial charge on any atom is -0.379 e. The maximum Gasteiger partial charge on any atom is 0.307 e. The van der Waals surface area contributed by atoms with Crippen molar-refractivity contribution in [3.05, 3.63) is 55.9 Å². The van der Waals surface area contributed by atoms with Crippen molar-refractivity contribution in [2.24, 2.45) is 0 Å². The Morgan fingerprint density at radius 2 is 2.07 bits per heavy atom. The van der Waals surface area contributed by atoms with Gasteiger partial charge in [0, 0.05) is 43.2 Å². The summed E-state index contributed by atoms with van der Waals surface area (Å²) in [5.74, 6) is -0.408. The molecule has 1 aromatic carbocycles. The maximum absolute atomic E-state index is 13.7. The highest BCUT2D eigenvalue weighted by Crippen LogP contribution is 2.22. The molecule has 1 N–H and O–H groups in total. The van der Waals surface area contributed by atoms with Gasteiger partial charge in [-0.05, 0) is 31.5 Å². The lowest BCUT2D eigenvalue weighted by Crippen LogP contribution is -2.44. The molecule has 1 unspecified atom stereocenters. The van der Waals surface area contributed by atoms with Gasteiger partial charge < -0.3 is 14.6 Å². The Balaban J connectivity index is 1.62. The monoisotopic (exact) mass is 407 g/mol. The fourth-order valence-electron chi connectivity index (χ4n) is 3.42. The van der Waals surface area contributed by atoms with Crippen molar-refractivity contribution in [1.29, 1.82) is 0 Å². The average molecular weight is 408 g/mol. The molecule has 0 spiro atoms. The van der Waals surface area contributed by atoms with Crippen molar-refractivity contribution < 1.29 is 13.9 Å². The van der Waals surface area contributed by atoms with Gasteiger partial charge in [-0.1, -0.05) is 23.5 Å². The van der Waals surface area contributed by atoms with E-state index in [1.165, 1.54) is 23.5 Å². The lowest BCUT2D eigenvalue weighted by molar-refractivity contribution is -0.121. The first-order valence-corrected chi connectivity index (χ1v) is 10.3. The molecule has 0 aliphatic carbocycles.